The Hall–Kier alpha value is -1.55. The third-order valence-corrected chi connectivity index (χ3v) is 3.22. The molecule has 0 spiro atoms. The molecule has 1 aromatic carbocycles. The van der Waals surface area contributed by atoms with E-state index in [4.69, 9.17) is 9.47 Å². The predicted molar refractivity (Wildman–Crippen MR) is 73.1 cm³/mol. The molecule has 1 aliphatic heterocycles. The smallest absolute Gasteiger partial charge is 0.307 e. The van der Waals surface area contributed by atoms with E-state index in [9.17, 15) is 4.79 Å². The second kappa shape index (κ2) is 6.57. The van der Waals surface area contributed by atoms with Gasteiger partial charge in [0.2, 0.25) is 0 Å². The van der Waals surface area contributed by atoms with Crippen LogP contribution in [0.25, 0.3) is 0 Å². The summed E-state index contributed by atoms with van der Waals surface area (Å²) in [6, 6.07) is 8.38. The highest BCUT2D eigenvalue weighted by atomic mass is 16.5. The zero-order valence-corrected chi connectivity index (χ0v) is 11.5. The Morgan fingerprint density at radius 2 is 2.32 bits per heavy atom. The van der Waals surface area contributed by atoms with E-state index in [1.54, 1.807) is 0 Å². The molecule has 1 aliphatic rings. The molecular formula is C15H21NO3. The number of rotatable bonds is 5. The highest BCUT2D eigenvalue weighted by Crippen LogP contribution is 2.31. The number of hydrogen-bond donors (Lipinski definition) is 1. The Morgan fingerprint density at radius 1 is 1.53 bits per heavy atom. The fourth-order valence-electron chi connectivity index (χ4n) is 2.39. The van der Waals surface area contributed by atoms with Crippen molar-refractivity contribution in [1.82, 2.24) is 5.32 Å². The summed E-state index contributed by atoms with van der Waals surface area (Å²) in [5, 5.41) is 3.48. The van der Waals surface area contributed by atoms with Crippen molar-refractivity contribution in [3.63, 3.8) is 0 Å². The lowest BCUT2D eigenvalue weighted by molar-refractivity contribution is -0.143. The molecule has 1 N–H and O–H groups in total. The van der Waals surface area contributed by atoms with E-state index in [1.165, 1.54) is 5.56 Å². The fraction of sp³-hybridized carbons (Fsp3) is 0.533. The molecule has 0 aromatic heterocycles. The Morgan fingerprint density at radius 3 is 3.11 bits per heavy atom. The zero-order chi connectivity index (χ0) is 13.7. The van der Waals surface area contributed by atoms with Crippen molar-refractivity contribution in [3.05, 3.63) is 29.8 Å². The molecule has 0 bridgehead atoms. The Kier molecular flexibility index (Phi) is 4.80. The van der Waals surface area contributed by atoms with Gasteiger partial charge in [0.1, 0.15) is 5.75 Å². The largest absolute Gasteiger partial charge is 0.493 e. The highest BCUT2D eigenvalue weighted by molar-refractivity contribution is 5.70. The first-order chi connectivity index (χ1) is 9.20. The summed E-state index contributed by atoms with van der Waals surface area (Å²) in [7, 11) is 0. The third kappa shape index (κ3) is 3.70. The summed E-state index contributed by atoms with van der Waals surface area (Å²) in [6.45, 7) is 4.98. The van der Waals surface area contributed by atoms with Crippen molar-refractivity contribution >= 4 is 5.97 Å². The van der Waals surface area contributed by atoms with E-state index in [2.05, 4.69) is 11.4 Å². The van der Waals surface area contributed by atoms with Gasteiger partial charge in [-0.15, -0.1) is 0 Å². The average Bonchev–Trinajstić information content (AvgIpc) is 2.39. The number of carbonyl (C=O) groups excluding carboxylic acids is 1. The van der Waals surface area contributed by atoms with Crippen LogP contribution in [-0.4, -0.2) is 25.2 Å². The lowest BCUT2D eigenvalue weighted by Crippen LogP contribution is -2.35. The van der Waals surface area contributed by atoms with Crippen LogP contribution in [0.5, 0.6) is 5.75 Å². The molecule has 1 heterocycles. The first kappa shape index (κ1) is 13.9. The van der Waals surface area contributed by atoms with Crippen LogP contribution in [0.2, 0.25) is 0 Å². The molecule has 0 saturated carbocycles. The van der Waals surface area contributed by atoms with Crippen molar-refractivity contribution in [1.29, 1.82) is 0 Å². The monoisotopic (exact) mass is 263 g/mol. The van der Waals surface area contributed by atoms with Gasteiger partial charge in [-0.1, -0.05) is 18.2 Å². The summed E-state index contributed by atoms with van der Waals surface area (Å²) in [5.41, 5.74) is 1.17. The number of nitrogens with one attached hydrogen (secondary N) is 1. The summed E-state index contributed by atoms with van der Waals surface area (Å²) >= 11 is 0. The fourth-order valence-corrected chi connectivity index (χ4v) is 2.39. The molecule has 104 valence electrons. The number of hydrogen-bond acceptors (Lipinski definition) is 4. The SMILES string of the molecule is CCOC(=O)CC(C)NC1CCOc2ccccc21. The summed E-state index contributed by atoms with van der Waals surface area (Å²) < 4.78 is 10.6. The lowest BCUT2D eigenvalue weighted by atomic mass is 9.99. The second-order valence-electron chi connectivity index (χ2n) is 4.80. The van der Waals surface area contributed by atoms with Gasteiger partial charge in [-0.05, 0) is 19.9 Å². The van der Waals surface area contributed by atoms with Crippen LogP contribution < -0.4 is 10.1 Å². The van der Waals surface area contributed by atoms with Gasteiger partial charge >= 0.3 is 5.97 Å². The van der Waals surface area contributed by atoms with Crippen molar-refractivity contribution in [2.45, 2.75) is 38.8 Å². The quantitative estimate of drug-likeness (QED) is 0.829. The van der Waals surface area contributed by atoms with Crippen LogP contribution in [0.4, 0.5) is 0 Å². The lowest BCUT2D eigenvalue weighted by Gasteiger charge is -2.29. The minimum Gasteiger partial charge on any atom is -0.493 e. The molecule has 2 unspecified atom stereocenters. The second-order valence-corrected chi connectivity index (χ2v) is 4.80. The first-order valence-electron chi connectivity index (χ1n) is 6.84. The van der Waals surface area contributed by atoms with Crippen LogP contribution in [0.1, 0.15) is 38.3 Å². The Balaban J connectivity index is 1.95. The first-order valence-corrected chi connectivity index (χ1v) is 6.84. The van der Waals surface area contributed by atoms with Gasteiger partial charge in [-0.25, -0.2) is 0 Å². The molecule has 0 amide bonds. The maximum atomic E-state index is 11.5. The van der Waals surface area contributed by atoms with Crippen LogP contribution in [0.3, 0.4) is 0 Å². The van der Waals surface area contributed by atoms with Gasteiger partial charge in [-0.3, -0.25) is 4.79 Å². The van der Waals surface area contributed by atoms with Gasteiger partial charge in [0.25, 0.3) is 0 Å². The van der Waals surface area contributed by atoms with Crippen molar-refractivity contribution < 1.29 is 14.3 Å². The van der Waals surface area contributed by atoms with Crippen molar-refractivity contribution in [2.75, 3.05) is 13.2 Å². The molecular weight excluding hydrogens is 242 g/mol. The maximum Gasteiger partial charge on any atom is 0.307 e. The summed E-state index contributed by atoms with van der Waals surface area (Å²) in [4.78, 5) is 11.5. The molecule has 19 heavy (non-hydrogen) atoms. The minimum absolute atomic E-state index is 0.0928. The topological polar surface area (TPSA) is 47.6 Å². The van der Waals surface area contributed by atoms with E-state index in [-0.39, 0.29) is 18.1 Å². The van der Waals surface area contributed by atoms with Gasteiger partial charge in [-0.2, -0.15) is 0 Å². The van der Waals surface area contributed by atoms with Crippen LogP contribution in [-0.2, 0) is 9.53 Å². The zero-order valence-electron chi connectivity index (χ0n) is 11.5. The number of fused-ring (bicyclic) bond motifs is 1. The van der Waals surface area contributed by atoms with Crippen LogP contribution in [0.15, 0.2) is 24.3 Å². The van der Waals surface area contributed by atoms with E-state index >= 15 is 0 Å². The molecule has 0 saturated heterocycles. The van der Waals surface area contributed by atoms with Gasteiger partial charge < -0.3 is 14.8 Å². The number of benzene rings is 1. The molecule has 0 aliphatic carbocycles. The van der Waals surface area contributed by atoms with Crippen molar-refractivity contribution in [3.8, 4) is 5.75 Å². The van der Waals surface area contributed by atoms with Crippen LogP contribution >= 0.6 is 0 Å². The summed E-state index contributed by atoms with van der Waals surface area (Å²) in [5.74, 6) is 0.789. The maximum absolute atomic E-state index is 11.5. The standard InChI is InChI=1S/C15H21NO3/c1-3-18-15(17)10-11(2)16-13-8-9-19-14-7-5-4-6-12(13)14/h4-7,11,13,16H,3,8-10H2,1-2H3. The molecule has 4 heteroatoms. The highest BCUT2D eigenvalue weighted by Gasteiger charge is 2.23. The van der Waals surface area contributed by atoms with E-state index < -0.39 is 0 Å². The predicted octanol–water partition coefficient (Wildman–Crippen LogP) is 2.44. The Labute approximate surface area is 114 Å². The van der Waals surface area contributed by atoms with E-state index in [0.717, 1.165) is 12.2 Å². The van der Waals surface area contributed by atoms with E-state index in [0.29, 0.717) is 19.6 Å². The molecule has 1 aromatic rings. The molecule has 4 nitrogen and oxygen atoms in total. The molecule has 0 radical (unpaired) electrons. The molecule has 0 fully saturated rings. The number of para-hydroxylation sites is 1. The number of carbonyl (C=O) groups is 1. The van der Waals surface area contributed by atoms with E-state index in [1.807, 2.05) is 32.0 Å². The average molecular weight is 263 g/mol. The Bertz CT molecular complexity index is 433. The number of ether oxygens (including phenoxy) is 2. The minimum atomic E-state index is -0.150. The van der Waals surface area contributed by atoms with Gasteiger partial charge in [0, 0.05) is 24.1 Å². The third-order valence-electron chi connectivity index (χ3n) is 3.22. The van der Waals surface area contributed by atoms with Crippen LogP contribution in [0, 0.1) is 0 Å². The van der Waals surface area contributed by atoms with Crippen molar-refractivity contribution in [2.24, 2.45) is 0 Å². The number of esters is 1. The molecule has 2 rings (SSSR count). The van der Waals surface area contributed by atoms with Gasteiger partial charge in [0.15, 0.2) is 0 Å². The normalized spacial score (nSPS) is 19.2. The summed E-state index contributed by atoms with van der Waals surface area (Å²) in [6.07, 6.45) is 1.32. The molecule has 2 atom stereocenters. The van der Waals surface area contributed by atoms with Gasteiger partial charge in [0.05, 0.1) is 19.6 Å².